The molecule has 2 atom stereocenters. The molecule has 0 aliphatic carbocycles. The second-order valence-electron chi connectivity index (χ2n) is 7.08. The summed E-state index contributed by atoms with van der Waals surface area (Å²) in [5.41, 5.74) is 4.28. The van der Waals surface area contributed by atoms with Crippen molar-refractivity contribution in [1.82, 2.24) is 5.01 Å². The van der Waals surface area contributed by atoms with Crippen molar-refractivity contribution in [2.75, 3.05) is 7.11 Å². The Kier molecular flexibility index (Phi) is 4.72. The first-order chi connectivity index (χ1) is 14.1. The predicted molar refractivity (Wildman–Crippen MR) is 118 cm³/mol. The molecule has 0 bridgehead atoms. The van der Waals surface area contributed by atoms with E-state index in [1.54, 1.807) is 7.11 Å². The molecule has 0 aromatic heterocycles. The van der Waals surface area contributed by atoms with Crippen molar-refractivity contribution >= 4 is 33.2 Å². The number of ether oxygens (including phenoxy) is 2. The molecular formula is C23H18BrClN2O2. The maximum absolute atomic E-state index is 6.40. The molecule has 0 N–H and O–H groups in total. The van der Waals surface area contributed by atoms with Crippen LogP contribution in [0.15, 0.2) is 76.3 Å². The summed E-state index contributed by atoms with van der Waals surface area (Å²) in [5, 5.41) is 7.77. The molecule has 0 saturated carbocycles. The maximum atomic E-state index is 6.40. The van der Waals surface area contributed by atoms with Crippen LogP contribution in [0.3, 0.4) is 0 Å². The molecular weight excluding hydrogens is 452 g/mol. The fraction of sp³-hybridized carbons (Fsp3) is 0.174. The molecule has 146 valence electrons. The SMILES string of the molecule is COc1ccc([C@@H]2Oc3ccc(Br)cc3[C@H]3CC(c4ccc(Cl)cc4)=NN32)cc1. The standard InChI is InChI=1S/C23H18BrClN2O2/c1-28-18-9-4-15(5-10-18)23-27-21(19-12-16(24)6-11-22(19)29-23)13-20(26-27)14-2-7-17(25)8-3-14/h2-12,21,23H,13H2,1H3/t21-,23+/m1/s1. The Hall–Kier alpha value is -2.50. The Balaban J connectivity index is 1.58. The van der Waals surface area contributed by atoms with Gasteiger partial charge in [-0.2, -0.15) is 5.10 Å². The molecule has 0 unspecified atom stereocenters. The van der Waals surface area contributed by atoms with Crippen molar-refractivity contribution in [3.63, 3.8) is 0 Å². The first kappa shape index (κ1) is 18.5. The second-order valence-corrected chi connectivity index (χ2v) is 8.43. The van der Waals surface area contributed by atoms with Gasteiger partial charge in [0, 0.05) is 27.0 Å². The predicted octanol–water partition coefficient (Wildman–Crippen LogP) is 6.35. The quantitative estimate of drug-likeness (QED) is 0.448. The van der Waals surface area contributed by atoms with Crippen LogP contribution in [0.2, 0.25) is 5.02 Å². The van der Waals surface area contributed by atoms with Crippen molar-refractivity contribution in [3.05, 3.63) is 92.9 Å². The Morgan fingerprint density at radius 2 is 1.83 bits per heavy atom. The topological polar surface area (TPSA) is 34.1 Å². The maximum Gasteiger partial charge on any atom is 0.213 e. The van der Waals surface area contributed by atoms with Crippen LogP contribution < -0.4 is 9.47 Å². The summed E-state index contributed by atoms with van der Waals surface area (Å²) in [6.45, 7) is 0. The zero-order valence-electron chi connectivity index (χ0n) is 15.7. The molecule has 0 spiro atoms. The summed E-state index contributed by atoms with van der Waals surface area (Å²) in [4.78, 5) is 0. The molecule has 2 aliphatic heterocycles. The van der Waals surface area contributed by atoms with Crippen LogP contribution in [-0.4, -0.2) is 17.8 Å². The number of benzene rings is 3. The zero-order chi connectivity index (χ0) is 20.0. The van der Waals surface area contributed by atoms with Crippen molar-refractivity contribution in [2.45, 2.75) is 18.7 Å². The second kappa shape index (κ2) is 7.39. The van der Waals surface area contributed by atoms with Crippen LogP contribution in [0.1, 0.15) is 35.4 Å². The minimum Gasteiger partial charge on any atom is -0.497 e. The van der Waals surface area contributed by atoms with E-state index in [2.05, 4.69) is 27.0 Å². The van der Waals surface area contributed by atoms with E-state index in [9.17, 15) is 0 Å². The number of hydrogen-bond donors (Lipinski definition) is 0. The minimum atomic E-state index is -0.301. The number of halogens is 2. The summed E-state index contributed by atoms with van der Waals surface area (Å²) >= 11 is 9.66. The molecule has 6 heteroatoms. The minimum absolute atomic E-state index is 0.106. The molecule has 29 heavy (non-hydrogen) atoms. The summed E-state index contributed by atoms with van der Waals surface area (Å²) < 4.78 is 12.7. The summed E-state index contributed by atoms with van der Waals surface area (Å²) in [6.07, 6.45) is 0.505. The lowest BCUT2D eigenvalue weighted by molar-refractivity contribution is -0.0191. The lowest BCUT2D eigenvalue weighted by Gasteiger charge is -2.38. The van der Waals surface area contributed by atoms with E-state index in [0.717, 1.165) is 49.8 Å². The highest BCUT2D eigenvalue weighted by molar-refractivity contribution is 9.10. The molecule has 0 fully saturated rings. The van der Waals surface area contributed by atoms with E-state index in [0.29, 0.717) is 0 Å². The fourth-order valence-corrected chi connectivity index (χ4v) is 4.37. The van der Waals surface area contributed by atoms with Crippen LogP contribution in [0, 0.1) is 0 Å². The molecule has 0 amide bonds. The van der Waals surface area contributed by atoms with Gasteiger partial charge in [-0.15, -0.1) is 0 Å². The smallest absolute Gasteiger partial charge is 0.213 e. The Morgan fingerprint density at radius 1 is 1.07 bits per heavy atom. The number of fused-ring (bicyclic) bond motifs is 3. The van der Waals surface area contributed by atoms with Gasteiger partial charge in [0.2, 0.25) is 6.23 Å². The molecule has 5 rings (SSSR count). The number of hydrazone groups is 1. The van der Waals surface area contributed by atoms with Crippen LogP contribution in [-0.2, 0) is 0 Å². The Labute approximate surface area is 182 Å². The molecule has 2 heterocycles. The van der Waals surface area contributed by atoms with Gasteiger partial charge in [-0.25, -0.2) is 5.01 Å². The van der Waals surface area contributed by atoms with Crippen LogP contribution >= 0.6 is 27.5 Å². The van der Waals surface area contributed by atoms with Crippen LogP contribution in [0.4, 0.5) is 0 Å². The van der Waals surface area contributed by atoms with E-state index >= 15 is 0 Å². The number of methoxy groups -OCH3 is 1. The summed E-state index contributed by atoms with van der Waals surface area (Å²) in [5.74, 6) is 1.71. The molecule has 0 radical (unpaired) electrons. The Bertz CT molecular complexity index is 1080. The van der Waals surface area contributed by atoms with Gasteiger partial charge in [-0.05, 0) is 60.2 Å². The van der Waals surface area contributed by atoms with E-state index < -0.39 is 0 Å². The lowest BCUT2D eigenvalue weighted by Crippen LogP contribution is -2.33. The fourth-order valence-electron chi connectivity index (χ4n) is 3.86. The van der Waals surface area contributed by atoms with Crippen LogP contribution in [0.5, 0.6) is 11.5 Å². The highest BCUT2D eigenvalue weighted by Crippen LogP contribution is 2.48. The average molecular weight is 470 g/mol. The highest BCUT2D eigenvalue weighted by atomic mass is 79.9. The van der Waals surface area contributed by atoms with Gasteiger partial charge < -0.3 is 9.47 Å². The first-order valence-corrected chi connectivity index (χ1v) is 10.5. The largest absolute Gasteiger partial charge is 0.497 e. The van der Waals surface area contributed by atoms with E-state index in [1.807, 2.05) is 60.7 Å². The lowest BCUT2D eigenvalue weighted by atomic mass is 9.96. The average Bonchev–Trinajstić information content (AvgIpc) is 3.20. The summed E-state index contributed by atoms with van der Waals surface area (Å²) in [6, 6.07) is 22.1. The third-order valence-electron chi connectivity index (χ3n) is 5.33. The number of rotatable bonds is 3. The van der Waals surface area contributed by atoms with Gasteiger partial charge in [0.15, 0.2) is 0 Å². The van der Waals surface area contributed by atoms with Gasteiger partial charge in [-0.3, -0.25) is 0 Å². The van der Waals surface area contributed by atoms with Gasteiger partial charge in [0.1, 0.15) is 11.5 Å². The molecule has 4 nitrogen and oxygen atoms in total. The van der Waals surface area contributed by atoms with Crippen molar-refractivity contribution in [2.24, 2.45) is 5.10 Å². The molecule has 0 saturated heterocycles. The Morgan fingerprint density at radius 3 is 2.55 bits per heavy atom. The number of hydrogen-bond acceptors (Lipinski definition) is 4. The first-order valence-electron chi connectivity index (χ1n) is 9.34. The normalized spacial score (nSPS) is 19.8. The third-order valence-corrected chi connectivity index (χ3v) is 6.08. The van der Waals surface area contributed by atoms with E-state index in [1.165, 1.54) is 0 Å². The molecule has 3 aromatic rings. The van der Waals surface area contributed by atoms with Crippen LogP contribution in [0.25, 0.3) is 0 Å². The zero-order valence-corrected chi connectivity index (χ0v) is 18.0. The van der Waals surface area contributed by atoms with E-state index in [4.69, 9.17) is 26.2 Å². The van der Waals surface area contributed by atoms with Gasteiger partial charge in [0.25, 0.3) is 0 Å². The van der Waals surface area contributed by atoms with Gasteiger partial charge in [0.05, 0.1) is 18.9 Å². The molecule has 2 aliphatic rings. The highest BCUT2D eigenvalue weighted by Gasteiger charge is 2.41. The third kappa shape index (κ3) is 3.38. The number of nitrogens with zero attached hydrogens (tertiary/aromatic N) is 2. The van der Waals surface area contributed by atoms with E-state index in [-0.39, 0.29) is 12.3 Å². The van der Waals surface area contributed by atoms with Gasteiger partial charge >= 0.3 is 0 Å². The van der Waals surface area contributed by atoms with Crippen molar-refractivity contribution in [1.29, 1.82) is 0 Å². The van der Waals surface area contributed by atoms with Crippen molar-refractivity contribution in [3.8, 4) is 11.5 Å². The van der Waals surface area contributed by atoms with Gasteiger partial charge in [-0.1, -0.05) is 39.7 Å². The molecule has 3 aromatic carbocycles. The monoisotopic (exact) mass is 468 g/mol. The summed E-state index contributed by atoms with van der Waals surface area (Å²) in [7, 11) is 1.67. The van der Waals surface area contributed by atoms with Crippen molar-refractivity contribution < 1.29 is 9.47 Å².